The van der Waals surface area contributed by atoms with Crippen molar-refractivity contribution in [1.82, 2.24) is 0 Å². The average molecular weight is 202 g/mol. The summed E-state index contributed by atoms with van der Waals surface area (Å²) in [7, 11) is 0. The van der Waals surface area contributed by atoms with Crippen molar-refractivity contribution in [2.45, 2.75) is 18.8 Å². The summed E-state index contributed by atoms with van der Waals surface area (Å²) in [5, 5.41) is 9.14. The van der Waals surface area contributed by atoms with E-state index in [4.69, 9.17) is 5.11 Å². The fourth-order valence-electron chi connectivity index (χ4n) is 2.16. The Morgan fingerprint density at radius 1 is 1.13 bits per heavy atom. The molecule has 1 aromatic carbocycles. The molecule has 0 heterocycles. The van der Waals surface area contributed by atoms with E-state index in [1.165, 1.54) is 0 Å². The van der Waals surface area contributed by atoms with E-state index in [0.717, 1.165) is 12.0 Å². The standard InChI is InChI=1S/C13H14O2/c14-13(15)12-9-5-4-8-11(12)10-6-2-1-3-7-10/h1-7,11-12H,8-9H2,(H,14,15)/t11-,12-/m1/s1. The quantitative estimate of drug-likeness (QED) is 0.749. The lowest BCUT2D eigenvalue weighted by atomic mass is 9.79. The van der Waals surface area contributed by atoms with Gasteiger partial charge < -0.3 is 5.11 Å². The number of benzene rings is 1. The monoisotopic (exact) mass is 202 g/mol. The summed E-state index contributed by atoms with van der Waals surface area (Å²) >= 11 is 0. The highest BCUT2D eigenvalue weighted by atomic mass is 16.4. The minimum atomic E-state index is -0.687. The Balaban J connectivity index is 2.27. The first kappa shape index (κ1) is 9.97. The molecule has 2 rings (SSSR count). The molecule has 0 aromatic heterocycles. The topological polar surface area (TPSA) is 37.3 Å². The normalized spacial score (nSPS) is 25.1. The number of carbonyl (C=O) groups is 1. The number of aliphatic carboxylic acids is 1. The summed E-state index contributed by atoms with van der Waals surface area (Å²) in [4.78, 5) is 11.1. The molecule has 0 radical (unpaired) electrons. The highest BCUT2D eigenvalue weighted by Crippen LogP contribution is 2.34. The predicted octanol–water partition coefficient (Wildman–Crippen LogP) is 2.82. The third kappa shape index (κ3) is 2.09. The van der Waals surface area contributed by atoms with Gasteiger partial charge in [0.1, 0.15) is 0 Å². The fourth-order valence-corrected chi connectivity index (χ4v) is 2.16. The van der Waals surface area contributed by atoms with Gasteiger partial charge >= 0.3 is 5.97 Å². The number of hydrogen-bond acceptors (Lipinski definition) is 1. The summed E-state index contributed by atoms with van der Waals surface area (Å²) in [6.07, 6.45) is 5.53. The highest BCUT2D eigenvalue weighted by Gasteiger charge is 2.29. The maximum absolute atomic E-state index is 11.1. The largest absolute Gasteiger partial charge is 0.481 e. The smallest absolute Gasteiger partial charge is 0.307 e. The summed E-state index contributed by atoms with van der Waals surface area (Å²) in [6, 6.07) is 9.91. The van der Waals surface area contributed by atoms with Crippen molar-refractivity contribution in [3.8, 4) is 0 Å². The van der Waals surface area contributed by atoms with Crippen molar-refractivity contribution in [1.29, 1.82) is 0 Å². The number of rotatable bonds is 2. The third-order valence-electron chi connectivity index (χ3n) is 2.98. The molecule has 1 aliphatic rings. The first-order valence-corrected chi connectivity index (χ1v) is 5.22. The molecule has 78 valence electrons. The Bertz CT molecular complexity index is 367. The van der Waals surface area contributed by atoms with Crippen molar-refractivity contribution in [2.75, 3.05) is 0 Å². The van der Waals surface area contributed by atoms with Crippen LogP contribution in [0.4, 0.5) is 0 Å². The van der Waals surface area contributed by atoms with Gasteiger partial charge in [-0.3, -0.25) is 4.79 Å². The molecule has 2 atom stereocenters. The van der Waals surface area contributed by atoms with E-state index in [-0.39, 0.29) is 11.8 Å². The Kier molecular flexibility index (Phi) is 2.86. The van der Waals surface area contributed by atoms with E-state index in [2.05, 4.69) is 6.08 Å². The van der Waals surface area contributed by atoms with Crippen LogP contribution in [0.1, 0.15) is 24.3 Å². The molecule has 0 aliphatic heterocycles. The average Bonchev–Trinajstić information content (AvgIpc) is 2.30. The first-order valence-electron chi connectivity index (χ1n) is 5.22. The van der Waals surface area contributed by atoms with Crippen LogP contribution in [-0.2, 0) is 4.79 Å². The molecule has 0 spiro atoms. The van der Waals surface area contributed by atoms with Gasteiger partial charge in [0.25, 0.3) is 0 Å². The molecule has 1 aliphatic carbocycles. The van der Waals surface area contributed by atoms with Crippen molar-refractivity contribution in [3.05, 3.63) is 48.0 Å². The zero-order chi connectivity index (χ0) is 10.7. The van der Waals surface area contributed by atoms with Gasteiger partial charge in [-0.1, -0.05) is 42.5 Å². The van der Waals surface area contributed by atoms with Crippen LogP contribution in [-0.4, -0.2) is 11.1 Å². The van der Waals surface area contributed by atoms with Gasteiger partial charge in [-0.05, 0) is 18.4 Å². The first-order chi connectivity index (χ1) is 7.29. The molecular weight excluding hydrogens is 188 g/mol. The van der Waals surface area contributed by atoms with Crippen molar-refractivity contribution in [3.63, 3.8) is 0 Å². The minimum Gasteiger partial charge on any atom is -0.481 e. The van der Waals surface area contributed by atoms with E-state index in [1.807, 2.05) is 36.4 Å². The van der Waals surface area contributed by atoms with Crippen LogP contribution in [0.2, 0.25) is 0 Å². The van der Waals surface area contributed by atoms with E-state index in [0.29, 0.717) is 6.42 Å². The molecule has 0 unspecified atom stereocenters. The molecule has 2 nitrogen and oxygen atoms in total. The molecular formula is C13H14O2. The number of carboxylic acid groups (broad SMARTS) is 1. The molecule has 0 amide bonds. The van der Waals surface area contributed by atoms with Crippen LogP contribution >= 0.6 is 0 Å². The van der Waals surface area contributed by atoms with Gasteiger partial charge in [-0.15, -0.1) is 0 Å². The fraction of sp³-hybridized carbons (Fsp3) is 0.308. The Morgan fingerprint density at radius 3 is 2.47 bits per heavy atom. The van der Waals surface area contributed by atoms with E-state index in [1.54, 1.807) is 0 Å². The summed E-state index contributed by atoms with van der Waals surface area (Å²) < 4.78 is 0. The number of allylic oxidation sites excluding steroid dienone is 2. The van der Waals surface area contributed by atoms with Gasteiger partial charge in [0.15, 0.2) is 0 Å². The second kappa shape index (κ2) is 4.30. The Morgan fingerprint density at radius 2 is 1.80 bits per heavy atom. The molecule has 2 heteroatoms. The van der Waals surface area contributed by atoms with Crippen molar-refractivity contribution < 1.29 is 9.90 Å². The van der Waals surface area contributed by atoms with Gasteiger partial charge in [-0.2, -0.15) is 0 Å². The van der Waals surface area contributed by atoms with E-state index < -0.39 is 5.97 Å². The summed E-state index contributed by atoms with van der Waals surface area (Å²) in [5.41, 5.74) is 1.13. The summed E-state index contributed by atoms with van der Waals surface area (Å²) in [6.45, 7) is 0. The van der Waals surface area contributed by atoms with Gasteiger partial charge in [-0.25, -0.2) is 0 Å². The highest BCUT2D eigenvalue weighted by molar-refractivity contribution is 5.72. The Hall–Kier alpha value is -1.57. The molecule has 1 aromatic rings. The minimum absolute atomic E-state index is 0.133. The zero-order valence-corrected chi connectivity index (χ0v) is 8.47. The van der Waals surface area contributed by atoms with Crippen molar-refractivity contribution >= 4 is 5.97 Å². The zero-order valence-electron chi connectivity index (χ0n) is 8.47. The van der Waals surface area contributed by atoms with Gasteiger partial charge in [0.05, 0.1) is 5.92 Å². The van der Waals surface area contributed by atoms with Gasteiger partial charge in [0, 0.05) is 5.92 Å². The molecule has 1 N–H and O–H groups in total. The van der Waals surface area contributed by atoms with Crippen LogP contribution in [0.15, 0.2) is 42.5 Å². The van der Waals surface area contributed by atoms with Crippen LogP contribution in [0.5, 0.6) is 0 Å². The predicted molar refractivity (Wildman–Crippen MR) is 58.7 cm³/mol. The number of carboxylic acids is 1. The van der Waals surface area contributed by atoms with E-state index >= 15 is 0 Å². The molecule has 0 bridgehead atoms. The van der Waals surface area contributed by atoms with Crippen molar-refractivity contribution in [2.24, 2.45) is 5.92 Å². The number of hydrogen-bond donors (Lipinski definition) is 1. The SMILES string of the molecule is O=C(O)[C@@H]1CC=CC[C@@H]1c1ccccc1. The maximum atomic E-state index is 11.1. The third-order valence-corrected chi connectivity index (χ3v) is 2.98. The van der Waals surface area contributed by atoms with Crippen LogP contribution < -0.4 is 0 Å². The molecule has 15 heavy (non-hydrogen) atoms. The van der Waals surface area contributed by atoms with Crippen LogP contribution in [0, 0.1) is 5.92 Å². The summed E-state index contributed by atoms with van der Waals surface area (Å²) in [5.74, 6) is -0.820. The second-order valence-corrected chi connectivity index (χ2v) is 3.90. The maximum Gasteiger partial charge on any atom is 0.307 e. The molecule has 0 fully saturated rings. The van der Waals surface area contributed by atoms with E-state index in [9.17, 15) is 4.79 Å². The lowest BCUT2D eigenvalue weighted by Gasteiger charge is -2.25. The lowest BCUT2D eigenvalue weighted by Crippen LogP contribution is -2.23. The molecule has 0 saturated heterocycles. The Labute approximate surface area is 89.2 Å². The van der Waals surface area contributed by atoms with Crippen LogP contribution in [0.3, 0.4) is 0 Å². The second-order valence-electron chi connectivity index (χ2n) is 3.90. The molecule has 0 saturated carbocycles. The van der Waals surface area contributed by atoms with Gasteiger partial charge in [0.2, 0.25) is 0 Å². The van der Waals surface area contributed by atoms with Crippen LogP contribution in [0.25, 0.3) is 0 Å². The lowest BCUT2D eigenvalue weighted by molar-refractivity contribution is -0.142.